The summed E-state index contributed by atoms with van der Waals surface area (Å²) >= 11 is 0. The van der Waals surface area contributed by atoms with E-state index in [4.69, 9.17) is 16.1 Å². The van der Waals surface area contributed by atoms with Crippen molar-refractivity contribution in [2.45, 2.75) is 6.92 Å². The molecule has 0 unspecified atom stereocenters. The van der Waals surface area contributed by atoms with Crippen LogP contribution in [-0.4, -0.2) is 15.1 Å². The second-order valence-electron chi connectivity index (χ2n) is 1.98. The average Bonchev–Trinajstić information content (AvgIpc) is 1.99. The van der Waals surface area contributed by atoms with Gasteiger partial charge in [0.1, 0.15) is 11.8 Å². The van der Waals surface area contributed by atoms with Crippen LogP contribution in [0.15, 0.2) is 0 Å². The van der Waals surface area contributed by atoms with Crippen molar-refractivity contribution in [3.8, 4) is 11.9 Å². The summed E-state index contributed by atoms with van der Waals surface area (Å²) in [6.07, 6.45) is 0. The minimum atomic E-state index is -0.339. The maximum atomic E-state index is 8.98. The number of aryl methyl sites for hydroxylation is 1. The summed E-state index contributed by atoms with van der Waals surface area (Å²) in [4.78, 5) is 7.11. The molecule has 0 fully saturated rings. The van der Waals surface area contributed by atoms with E-state index in [2.05, 4.69) is 9.97 Å². The van der Waals surface area contributed by atoms with Gasteiger partial charge in [0.25, 0.3) is 0 Å². The SMILES string of the molecule is Cc1nc(C#N)nc(O)c1N. The van der Waals surface area contributed by atoms with E-state index in [1.165, 1.54) is 0 Å². The molecule has 0 saturated heterocycles. The molecule has 0 aliphatic rings. The Labute approximate surface area is 63.1 Å². The van der Waals surface area contributed by atoms with Crippen LogP contribution < -0.4 is 5.73 Å². The molecule has 0 bridgehead atoms. The van der Waals surface area contributed by atoms with E-state index in [1.807, 2.05) is 0 Å². The molecule has 5 nitrogen and oxygen atoms in total. The minimum Gasteiger partial charge on any atom is -0.492 e. The van der Waals surface area contributed by atoms with Crippen molar-refractivity contribution in [1.29, 1.82) is 5.26 Å². The zero-order valence-electron chi connectivity index (χ0n) is 5.87. The van der Waals surface area contributed by atoms with Gasteiger partial charge in [-0.2, -0.15) is 10.2 Å². The fourth-order valence-corrected chi connectivity index (χ4v) is 0.616. The Bertz CT molecular complexity index is 305. The molecule has 1 aromatic heterocycles. The molecule has 0 aromatic carbocycles. The number of rotatable bonds is 0. The Morgan fingerprint density at radius 3 is 2.64 bits per heavy atom. The van der Waals surface area contributed by atoms with Crippen LogP contribution in [0.2, 0.25) is 0 Å². The third kappa shape index (κ3) is 1.19. The molecule has 0 aliphatic heterocycles. The fourth-order valence-electron chi connectivity index (χ4n) is 0.616. The second kappa shape index (κ2) is 2.42. The Hall–Kier alpha value is -1.83. The highest BCUT2D eigenvalue weighted by atomic mass is 16.3. The summed E-state index contributed by atoms with van der Waals surface area (Å²) < 4.78 is 0. The van der Waals surface area contributed by atoms with Crippen molar-refractivity contribution in [3.63, 3.8) is 0 Å². The van der Waals surface area contributed by atoms with Crippen LogP contribution in [0.3, 0.4) is 0 Å². The highest BCUT2D eigenvalue weighted by Gasteiger charge is 2.05. The van der Waals surface area contributed by atoms with Gasteiger partial charge < -0.3 is 10.8 Å². The van der Waals surface area contributed by atoms with Gasteiger partial charge in [-0.1, -0.05) is 0 Å². The van der Waals surface area contributed by atoms with Gasteiger partial charge >= 0.3 is 0 Å². The normalized spacial score (nSPS) is 9.09. The second-order valence-corrected chi connectivity index (χ2v) is 1.98. The molecule has 1 rings (SSSR count). The number of hydrogen-bond acceptors (Lipinski definition) is 5. The third-order valence-electron chi connectivity index (χ3n) is 1.22. The van der Waals surface area contributed by atoms with E-state index in [0.717, 1.165) is 0 Å². The predicted octanol–water partition coefficient (Wildman–Crippen LogP) is -0.0555. The van der Waals surface area contributed by atoms with E-state index in [1.54, 1.807) is 13.0 Å². The molecule has 0 saturated carbocycles. The number of aromatic nitrogens is 2. The molecule has 56 valence electrons. The molecule has 5 heteroatoms. The lowest BCUT2D eigenvalue weighted by atomic mass is 10.3. The summed E-state index contributed by atoms with van der Waals surface area (Å²) in [6, 6.07) is 1.70. The molecule has 0 atom stereocenters. The predicted molar refractivity (Wildman–Crippen MR) is 37.6 cm³/mol. The number of nitrogen functional groups attached to an aromatic ring is 1. The fraction of sp³-hybridized carbons (Fsp3) is 0.167. The standard InChI is InChI=1S/C6H6N4O/c1-3-5(8)6(11)10-4(2-7)9-3/h8H2,1H3,(H,9,10,11). The first kappa shape index (κ1) is 7.28. The molecular weight excluding hydrogens is 144 g/mol. The van der Waals surface area contributed by atoms with E-state index in [0.29, 0.717) is 5.69 Å². The van der Waals surface area contributed by atoms with Gasteiger partial charge in [0, 0.05) is 0 Å². The molecule has 0 radical (unpaired) electrons. The smallest absolute Gasteiger partial charge is 0.239 e. The lowest BCUT2D eigenvalue weighted by Crippen LogP contribution is -1.98. The number of nitrogens with two attached hydrogens (primary N) is 1. The summed E-state index contributed by atoms with van der Waals surface area (Å²) in [5, 5.41) is 17.3. The van der Waals surface area contributed by atoms with Crippen LogP contribution >= 0.6 is 0 Å². The number of aromatic hydroxyl groups is 1. The molecule has 1 heterocycles. The Kier molecular flexibility index (Phi) is 1.60. The van der Waals surface area contributed by atoms with E-state index in [-0.39, 0.29) is 17.4 Å². The monoisotopic (exact) mass is 150 g/mol. The molecule has 0 aliphatic carbocycles. The van der Waals surface area contributed by atoms with Gasteiger partial charge in [-0.3, -0.25) is 0 Å². The van der Waals surface area contributed by atoms with Crippen LogP contribution in [0.5, 0.6) is 5.88 Å². The third-order valence-corrected chi connectivity index (χ3v) is 1.22. The van der Waals surface area contributed by atoms with Crippen molar-refractivity contribution < 1.29 is 5.11 Å². The average molecular weight is 150 g/mol. The number of hydrogen-bond donors (Lipinski definition) is 2. The van der Waals surface area contributed by atoms with Crippen LogP contribution in [0.1, 0.15) is 11.5 Å². The van der Waals surface area contributed by atoms with E-state index in [9.17, 15) is 0 Å². The van der Waals surface area contributed by atoms with Gasteiger partial charge in [0.05, 0.1) is 5.69 Å². The number of nitriles is 1. The molecular formula is C6H6N4O. The summed E-state index contributed by atoms with van der Waals surface area (Å²) in [5.74, 6) is -0.414. The minimum absolute atomic E-state index is 0.0748. The van der Waals surface area contributed by atoms with Gasteiger partial charge in [-0.25, -0.2) is 4.98 Å². The Balaban J connectivity index is 3.35. The highest BCUT2D eigenvalue weighted by Crippen LogP contribution is 2.18. The lowest BCUT2D eigenvalue weighted by molar-refractivity contribution is 0.453. The molecule has 3 N–H and O–H groups in total. The topological polar surface area (TPSA) is 95.8 Å². The molecule has 0 amide bonds. The molecule has 0 spiro atoms. The van der Waals surface area contributed by atoms with Crippen LogP contribution in [0.4, 0.5) is 5.69 Å². The van der Waals surface area contributed by atoms with Gasteiger partial charge in [0.15, 0.2) is 0 Å². The van der Waals surface area contributed by atoms with Gasteiger partial charge in [-0.15, -0.1) is 0 Å². The van der Waals surface area contributed by atoms with Crippen molar-refractivity contribution in [3.05, 3.63) is 11.5 Å². The zero-order valence-corrected chi connectivity index (χ0v) is 5.87. The van der Waals surface area contributed by atoms with Crippen molar-refractivity contribution in [1.82, 2.24) is 9.97 Å². The Morgan fingerprint density at radius 1 is 1.55 bits per heavy atom. The number of nitrogens with zero attached hydrogens (tertiary/aromatic N) is 3. The van der Waals surface area contributed by atoms with Crippen LogP contribution in [0.25, 0.3) is 0 Å². The summed E-state index contributed by atoms with van der Waals surface area (Å²) in [6.45, 7) is 1.59. The van der Waals surface area contributed by atoms with Crippen molar-refractivity contribution in [2.75, 3.05) is 5.73 Å². The maximum Gasteiger partial charge on any atom is 0.239 e. The highest BCUT2D eigenvalue weighted by molar-refractivity contribution is 5.51. The first-order valence-electron chi connectivity index (χ1n) is 2.88. The van der Waals surface area contributed by atoms with Crippen molar-refractivity contribution in [2.24, 2.45) is 0 Å². The largest absolute Gasteiger partial charge is 0.492 e. The lowest BCUT2D eigenvalue weighted by Gasteiger charge is -1.99. The van der Waals surface area contributed by atoms with Crippen LogP contribution in [0, 0.1) is 18.3 Å². The first-order valence-corrected chi connectivity index (χ1v) is 2.88. The van der Waals surface area contributed by atoms with Gasteiger partial charge in [-0.05, 0) is 6.92 Å². The summed E-state index contributed by atoms with van der Waals surface area (Å²) in [7, 11) is 0. The molecule has 1 aromatic rings. The first-order chi connectivity index (χ1) is 5.15. The van der Waals surface area contributed by atoms with Crippen LogP contribution in [-0.2, 0) is 0 Å². The maximum absolute atomic E-state index is 8.98. The quantitative estimate of drug-likeness (QED) is 0.540. The molecule has 11 heavy (non-hydrogen) atoms. The van der Waals surface area contributed by atoms with Gasteiger partial charge in [0.2, 0.25) is 11.7 Å². The summed E-state index contributed by atoms with van der Waals surface area (Å²) in [5.41, 5.74) is 5.85. The van der Waals surface area contributed by atoms with E-state index >= 15 is 0 Å². The zero-order chi connectivity index (χ0) is 8.43. The number of anilines is 1. The van der Waals surface area contributed by atoms with E-state index < -0.39 is 0 Å². The van der Waals surface area contributed by atoms with Crippen molar-refractivity contribution >= 4 is 5.69 Å². The Morgan fingerprint density at radius 2 is 2.18 bits per heavy atom.